The van der Waals surface area contributed by atoms with Crippen LogP contribution in [0, 0.1) is 0 Å². The van der Waals surface area contributed by atoms with E-state index in [1.165, 1.54) is 25.0 Å². The third kappa shape index (κ3) is 3.98. The fourth-order valence-corrected chi connectivity index (χ4v) is 4.04. The van der Waals surface area contributed by atoms with E-state index >= 15 is 0 Å². The first-order chi connectivity index (χ1) is 11.3. The molecule has 3 rings (SSSR count). The molecule has 0 bridgehead atoms. The highest BCUT2D eigenvalue weighted by Crippen LogP contribution is 2.38. The smallest absolute Gasteiger partial charge is 0.274 e. The first kappa shape index (κ1) is 17.4. The van der Waals surface area contributed by atoms with Gasteiger partial charge in [-0.3, -0.25) is 4.68 Å². The van der Waals surface area contributed by atoms with Gasteiger partial charge in [0.05, 0.1) is 5.56 Å². The minimum atomic E-state index is -4.52. The van der Waals surface area contributed by atoms with Gasteiger partial charge in [-0.1, -0.05) is 51.2 Å². The molecule has 0 aliphatic heterocycles. The Bertz CT molecular complexity index is 843. The number of nitrogens with zero attached hydrogens (tertiary/aromatic N) is 4. The summed E-state index contributed by atoms with van der Waals surface area (Å²) in [7, 11) is 1.45. The molecule has 0 saturated heterocycles. The zero-order valence-electron chi connectivity index (χ0n) is 12.2. The van der Waals surface area contributed by atoms with E-state index in [1.807, 2.05) is 24.3 Å². The molecule has 2 aromatic heterocycles. The van der Waals surface area contributed by atoms with Crippen molar-refractivity contribution in [1.29, 1.82) is 0 Å². The van der Waals surface area contributed by atoms with Crippen LogP contribution in [0.25, 0.3) is 10.6 Å². The molecule has 126 valence electrons. The number of hydrogen-bond donors (Lipinski definition) is 0. The van der Waals surface area contributed by atoms with Gasteiger partial charge in [-0.05, 0) is 17.7 Å². The predicted molar refractivity (Wildman–Crippen MR) is 90.8 cm³/mol. The third-order valence-corrected chi connectivity index (χ3v) is 5.70. The van der Waals surface area contributed by atoms with Crippen LogP contribution in [0.4, 0.5) is 13.2 Å². The number of alkyl halides is 3. The summed E-state index contributed by atoms with van der Waals surface area (Å²) in [5, 5.41) is 11.6. The summed E-state index contributed by atoms with van der Waals surface area (Å²) in [5.74, 6) is 0.668. The zero-order chi connectivity index (χ0) is 17.3. The Labute approximate surface area is 152 Å². The Morgan fingerprint density at radius 2 is 1.92 bits per heavy atom. The van der Waals surface area contributed by atoms with Crippen molar-refractivity contribution < 1.29 is 13.2 Å². The number of aromatic nitrogens is 4. The lowest BCUT2D eigenvalue weighted by atomic mass is 10.2. The predicted octanol–water partition coefficient (Wildman–Crippen LogP) is 5.01. The van der Waals surface area contributed by atoms with Crippen LogP contribution in [0.2, 0.25) is 0 Å². The first-order valence-corrected chi connectivity index (χ1v) is 9.24. The summed E-state index contributed by atoms with van der Waals surface area (Å²) < 4.78 is 41.8. The van der Waals surface area contributed by atoms with Crippen LogP contribution in [-0.2, 0) is 19.0 Å². The molecule has 10 heteroatoms. The van der Waals surface area contributed by atoms with Gasteiger partial charge in [0.15, 0.2) is 15.0 Å². The average molecular weight is 435 g/mol. The lowest BCUT2D eigenvalue weighted by Crippen LogP contribution is -2.08. The molecule has 0 saturated carbocycles. The maximum atomic E-state index is 13.0. The number of aryl methyl sites for hydroxylation is 1. The molecule has 0 atom stereocenters. The lowest BCUT2D eigenvalue weighted by Gasteiger charge is -2.03. The van der Waals surface area contributed by atoms with Crippen LogP contribution < -0.4 is 0 Å². The number of thioether (sulfide) groups is 1. The van der Waals surface area contributed by atoms with Crippen molar-refractivity contribution in [1.82, 2.24) is 20.0 Å². The third-order valence-electron chi connectivity index (χ3n) is 3.01. The Hall–Kier alpha value is -1.39. The number of benzene rings is 1. The van der Waals surface area contributed by atoms with Gasteiger partial charge in [0.1, 0.15) is 0 Å². The van der Waals surface area contributed by atoms with E-state index in [1.54, 1.807) is 0 Å². The van der Waals surface area contributed by atoms with Crippen molar-refractivity contribution in [3.63, 3.8) is 0 Å². The van der Waals surface area contributed by atoms with E-state index in [-0.39, 0.29) is 10.6 Å². The highest BCUT2D eigenvalue weighted by Gasteiger charge is 2.38. The molecule has 0 N–H and O–H groups in total. The minimum Gasteiger partial charge on any atom is -0.274 e. The van der Waals surface area contributed by atoms with Crippen molar-refractivity contribution in [2.75, 3.05) is 0 Å². The van der Waals surface area contributed by atoms with Gasteiger partial charge in [-0.2, -0.15) is 18.3 Å². The van der Waals surface area contributed by atoms with E-state index in [9.17, 15) is 13.2 Å². The molecular formula is C14H10BrF3N4S2. The van der Waals surface area contributed by atoms with Crippen molar-refractivity contribution in [3.05, 3.63) is 46.2 Å². The quantitative estimate of drug-likeness (QED) is 0.541. The maximum Gasteiger partial charge on any atom is 0.435 e. The van der Waals surface area contributed by atoms with Crippen molar-refractivity contribution >= 4 is 39.0 Å². The summed E-state index contributed by atoms with van der Waals surface area (Å²) in [6, 6.07) is 7.82. The maximum absolute atomic E-state index is 13.0. The molecule has 0 amide bonds. The van der Waals surface area contributed by atoms with E-state index < -0.39 is 11.9 Å². The number of hydrogen-bond acceptors (Lipinski definition) is 5. The second kappa shape index (κ2) is 6.85. The monoisotopic (exact) mass is 434 g/mol. The zero-order valence-corrected chi connectivity index (χ0v) is 15.4. The van der Waals surface area contributed by atoms with Crippen molar-refractivity contribution in [2.45, 2.75) is 16.3 Å². The Kier molecular flexibility index (Phi) is 4.97. The molecule has 0 fully saturated rings. The van der Waals surface area contributed by atoms with Gasteiger partial charge < -0.3 is 0 Å². The second-order valence-corrected chi connectivity index (χ2v) is 7.97. The lowest BCUT2D eigenvalue weighted by molar-refractivity contribution is -0.140. The highest BCUT2D eigenvalue weighted by molar-refractivity contribution is 9.10. The van der Waals surface area contributed by atoms with Crippen molar-refractivity contribution in [3.8, 4) is 10.6 Å². The molecule has 0 spiro atoms. The molecule has 0 radical (unpaired) electrons. The van der Waals surface area contributed by atoms with Crippen molar-refractivity contribution in [2.24, 2.45) is 7.05 Å². The first-order valence-electron chi connectivity index (χ1n) is 6.65. The van der Waals surface area contributed by atoms with Gasteiger partial charge in [-0.15, -0.1) is 10.2 Å². The van der Waals surface area contributed by atoms with Gasteiger partial charge in [0, 0.05) is 23.5 Å². The molecule has 4 nitrogen and oxygen atoms in total. The summed E-state index contributed by atoms with van der Waals surface area (Å²) in [6.45, 7) is 0. The Balaban J connectivity index is 1.77. The molecule has 2 heterocycles. The molecule has 0 aliphatic carbocycles. The fourth-order valence-electron chi connectivity index (χ4n) is 1.96. The molecular weight excluding hydrogens is 425 g/mol. The Morgan fingerprint density at radius 1 is 1.21 bits per heavy atom. The summed E-state index contributed by atoms with van der Waals surface area (Å²) in [6.07, 6.45) is -3.21. The van der Waals surface area contributed by atoms with Gasteiger partial charge >= 0.3 is 6.18 Å². The average Bonchev–Trinajstić information content (AvgIpc) is 3.12. The minimum absolute atomic E-state index is 0.0435. The number of rotatable bonds is 4. The van der Waals surface area contributed by atoms with E-state index in [0.29, 0.717) is 10.1 Å². The standard InChI is InChI=1S/C14H10BrF3N4S2/c1-22-6-10(11(21-22)14(16,17)18)12-19-20-13(24-12)23-7-8-2-4-9(15)5-3-8/h2-6H,7H2,1H3. The van der Waals surface area contributed by atoms with Crippen LogP contribution in [0.3, 0.4) is 0 Å². The molecule has 1 aromatic carbocycles. The van der Waals surface area contributed by atoms with Gasteiger partial charge in [0.25, 0.3) is 0 Å². The molecule has 0 unspecified atom stereocenters. The van der Waals surface area contributed by atoms with Crippen LogP contribution in [0.5, 0.6) is 0 Å². The van der Waals surface area contributed by atoms with E-state index in [0.717, 1.165) is 26.1 Å². The SMILES string of the molecule is Cn1cc(-c2nnc(SCc3ccc(Br)cc3)s2)c(C(F)(F)F)n1. The largest absolute Gasteiger partial charge is 0.435 e. The topological polar surface area (TPSA) is 43.6 Å². The molecule has 0 aliphatic rings. The van der Waals surface area contributed by atoms with Crippen LogP contribution >= 0.6 is 39.0 Å². The van der Waals surface area contributed by atoms with Gasteiger partial charge in [-0.25, -0.2) is 0 Å². The summed E-state index contributed by atoms with van der Waals surface area (Å²) >= 11 is 5.93. The normalized spacial score (nSPS) is 11.9. The Morgan fingerprint density at radius 3 is 2.58 bits per heavy atom. The summed E-state index contributed by atoms with van der Waals surface area (Å²) in [5.41, 5.74) is 0.112. The molecule has 24 heavy (non-hydrogen) atoms. The number of halogens is 4. The van der Waals surface area contributed by atoms with Gasteiger partial charge in [0.2, 0.25) is 0 Å². The van der Waals surface area contributed by atoms with Crippen LogP contribution in [0.15, 0.2) is 39.3 Å². The fraction of sp³-hybridized carbons (Fsp3) is 0.214. The summed E-state index contributed by atoms with van der Waals surface area (Å²) in [4.78, 5) is 0. The van der Waals surface area contributed by atoms with Crippen LogP contribution in [0.1, 0.15) is 11.3 Å². The second-order valence-electron chi connectivity index (χ2n) is 4.85. The molecule has 3 aromatic rings. The van der Waals surface area contributed by atoms with E-state index in [2.05, 4.69) is 31.2 Å². The van der Waals surface area contributed by atoms with E-state index in [4.69, 9.17) is 0 Å². The highest BCUT2D eigenvalue weighted by atomic mass is 79.9. The van der Waals surface area contributed by atoms with Crippen LogP contribution in [-0.4, -0.2) is 20.0 Å².